The molecule has 0 saturated heterocycles. The Morgan fingerprint density at radius 2 is 1.24 bits per heavy atom. The van der Waals surface area contributed by atoms with E-state index in [2.05, 4.69) is 77.6 Å². The van der Waals surface area contributed by atoms with Gasteiger partial charge in [0.15, 0.2) is 0 Å². The van der Waals surface area contributed by atoms with Crippen LogP contribution < -0.4 is 0 Å². The molecule has 0 spiro atoms. The third kappa shape index (κ3) is 4.42. The molecule has 116 valence electrons. The lowest BCUT2D eigenvalue weighted by atomic mass is 9.71. The molecule has 2 aliphatic carbocycles. The Balaban J connectivity index is 2.40. The molecule has 0 aromatic heterocycles. The van der Waals surface area contributed by atoms with Crippen molar-refractivity contribution in [3.05, 3.63) is 44.4 Å². The monoisotopic (exact) mass is 544 g/mol. The molecule has 0 radical (unpaired) electrons. The molecule has 0 fully saturated rings. The maximum atomic E-state index is 10.3. The summed E-state index contributed by atoms with van der Waals surface area (Å²) in [6.45, 7) is 4.21. The lowest BCUT2D eigenvalue weighted by Gasteiger charge is -2.39. The zero-order chi connectivity index (χ0) is 16.1. The highest BCUT2D eigenvalue weighted by Crippen LogP contribution is 2.49. The topological polar surface area (TPSA) is 40.5 Å². The molecule has 2 nitrogen and oxygen atoms in total. The Hall–Kier alpha value is 0.800. The summed E-state index contributed by atoms with van der Waals surface area (Å²) in [5.41, 5.74) is 1.89. The van der Waals surface area contributed by atoms with Gasteiger partial charge in [0.2, 0.25) is 0 Å². The number of aliphatic hydroxyl groups is 2. The second-order valence-corrected chi connectivity index (χ2v) is 10.6. The first-order valence-electron chi connectivity index (χ1n) is 6.43. The van der Waals surface area contributed by atoms with Gasteiger partial charge in [-0.05, 0) is 56.2 Å². The third-order valence-electron chi connectivity index (χ3n) is 3.82. The Morgan fingerprint density at radius 1 is 0.905 bits per heavy atom. The van der Waals surface area contributed by atoms with Gasteiger partial charge < -0.3 is 10.2 Å². The van der Waals surface area contributed by atoms with Crippen LogP contribution in [-0.4, -0.2) is 19.2 Å². The van der Waals surface area contributed by atoms with E-state index in [1.165, 1.54) is 0 Å². The Morgan fingerprint density at radius 3 is 1.52 bits per heavy atom. The maximum Gasteiger partial charge on any atom is 0.143 e. The minimum atomic E-state index is -1.04. The van der Waals surface area contributed by atoms with E-state index in [0.717, 1.165) is 20.1 Å². The first-order chi connectivity index (χ1) is 9.41. The molecule has 21 heavy (non-hydrogen) atoms. The van der Waals surface area contributed by atoms with Crippen LogP contribution in [0.15, 0.2) is 44.4 Å². The summed E-state index contributed by atoms with van der Waals surface area (Å²) >= 11 is 13.6. The van der Waals surface area contributed by atoms with Crippen molar-refractivity contribution in [3.63, 3.8) is 0 Å². The lowest BCUT2D eigenvalue weighted by Crippen LogP contribution is -2.32. The van der Waals surface area contributed by atoms with Crippen LogP contribution in [0.5, 0.6) is 0 Å². The predicted molar refractivity (Wildman–Crippen MR) is 101 cm³/mol. The van der Waals surface area contributed by atoms with Gasteiger partial charge >= 0.3 is 0 Å². The maximum absolute atomic E-state index is 10.3. The van der Waals surface area contributed by atoms with Crippen molar-refractivity contribution < 1.29 is 10.2 Å². The molecule has 0 saturated carbocycles. The number of allylic oxidation sites excluding steroid dienone is 4. The molecule has 2 N–H and O–H groups in total. The zero-order valence-electron chi connectivity index (χ0n) is 11.6. The fraction of sp³-hybridized carbons (Fsp3) is 0.467. The van der Waals surface area contributed by atoms with E-state index in [4.69, 9.17) is 0 Å². The summed E-state index contributed by atoms with van der Waals surface area (Å²) in [7, 11) is 0. The van der Waals surface area contributed by atoms with Gasteiger partial charge in [0, 0.05) is 27.2 Å². The summed E-state index contributed by atoms with van der Waals surface area (Å²) in [5.74, 6) is 0. The molecule has 0 bridgehead atoms. The van der Waals surface area contributed by atoms with E-state index < -0.39 is 9.02 Å². The fourth-order valence-corrected chi connectivity index (χ4v) is 5.61. The van der Waals surface area contributed by atoms with Crippen LogP contribution in [0.3, 0.4) is 0 Å². The van der Waals surface area contributed by atoms with E-state index in [0.29, 0.717) is 12.8 Å². The van der Waals surface area contributed by atoms with Gasteiger partial charge in [0.05, 0.1) is 0 Å². The molecular weight excluding hydrogens is 532 g/mol. The van der Waals surface area contributed by atoms with E-state index in [1.54, 1.807) is 12.2 Å². The van der Waals surface area contributed by atoms with Crippen molar-refractivity contribution in [2.45, 2.75) is 35.7 Å². The third-order valence-corrected chi connectivity index (χ3v) is 5.76. The second kappa shape index (κ2) is 6.02. The van der Waals surface area contributed by atoms with Crippen LogP contribution >= 0.6 is 63.7 Å². The molecule has 0 amide bonds. The average Bonchev–Trinajstić information content (AvgIpc) is 2.23. The highest BCUT2D eigenvalue weighted by Gasteiger charge is 2.39. The molecule has 0 aromatic carbocycles. The molecule has 2 unspecified atom stereocenters. The summed E-state index contributed by atoms with van der Waals surface area (Å²) < 4.78 is -0.395. The van der Waals surface area contributed by atoms with Gasteiger partial charge in [0.25, 0.3) is 0 Å². The normalized spacial score (nSPS) is 33.9. The van der Waals surface area contributed by atoms with Crippen LogP contribution in [0.2, 0.25) is 0 Å². The van der Waals surface area contributed by atoms with Gasteiger partial charge in [-0.1, -0.05) is 56.9 Å². The van der Waals surface area contributed by atoms with Crippen LogP contribution in [0.4, 0.5) is 0 Å². The molecule has 6 heteroatoms. The summed E-state index contributed by atoms with van der Waals surface area (Å²) in [4.78, 5) is 0. The van der Waals surface area contributed by atoms with Crippen LogP contribution in [0.25, 0.3) is 0 Å². The molecule has 0 aromatic rings. The van der Waals surface area contributed by atoms with Crippen LogP contribution in [0, 0.1) is 5.41 Å². The summed E-state index contributed by atoms with van der Waals surface area (Å²) in [5, 5.41) is 20.6. The Kier molecular flexibility index (Phi) is 5.20. The lowest BCUT2D eigenvalue weighted by molar-refractivity contribution is 0.177. The molecule has 0 aliphatic heterocycles. The minimum Gasteiger partial charge on any atom is -0.375 e. The highest BCUT2D eigenvalue weighted by molar-refractivity contribution is 9.12. The first-order valence-corrected chi connectivity index (χ1v) is 9.60. The highest BCUT2D eigenvalue weighted by atomic mass is 79.9. The van der Waals surface area contributed by atoms with Gasteiger partial charge in [-0.3, -0.25) is 0 Å². The van der Waals surface area contributed by atoms with Crippen molar-refractivity contribution in [2.75, 3.05) is 0 Å². The molecular formula is C15H16Br4O2. The van der Waals surface area contributed by atoms with Gasteiger partial charge in [-0.15, -0.1) is 0 Å². The van der Waals surface area contributed by atoms with Gasteiger partial charge in [0.1, 0.15) is 9.02 Å². The standard InChI is InChI=1S/C15H16Br4O2/c1-13(2,9-3-11(16)7-14(18,20)5-9)10-4-12(17)8-15(19,21)6-10/h3-4,7-8,20-21H,5-6H2,1-2H3. The number of hydrogen-bond donors (Lipinski definition) is 2. The van der Waals surface area contributed by atoms with Crippen LogP contribution in [0.1, 0.15) is 26.7 Å². The summed E-state index contributed by atoms with van der Waals surface area (Å²) in [6.07, 6.45) is 8.53. The smallest absolute Gasteiger partial charge is 0.143 e. The van der Waals surface area contributed by atoms with Gasteiger partial charge in [-0.2, -0.15) is 0 Å². The van der Waals surface area contributed by atoms with E-state index in [1.807, 2.05) is 12.2 Å². The molecule has 2 aliphatic rings. The zero-order valence-corrected chi connectivity index (χ0v) is 18.0. The molecule has 0 heterocycles. The largest absolute Gasteiger partial charge is 0.375 e. The predicted octanol–water partition coefficient (Wildman–Crippen LogP) is 5.40. The van der Waals surface area contributed by atoms with Crippen molar-refractivity contribution in [3.8, 4) is 0 Å². The van der Waals surface area contributed by atoms with E-state index in [9.17, 15) is 10.2 Å². The SMILES string of the molecule is CC(C)(C1=CC(Br)=CC(O)(Br)C1)C1=CC(Br)=CC(O)(Br)C1. The minimum absolute atomic E-state index is 0.288. The number of hydrogen-bond acceptors (Lipinski definition) is 2. The fourth-order valence-electron chi connectivity index (χ4n) is 2.59. The van der Waals surface area contributed by atoms with Crippen molar-refractivity contribution in [1.29, 1.82) is 0 Å². The van der Waals surface area contributed by atoms with Crippen molar-refractivity contribution >= 4 is 63.7 Å². The van der Waals surface area contributed by atoms with Gasteiger partial charge in [-0.25, -0.2) is 0 Å². The molecule has 2 atom stereocenters. The first kappa shape index (κ1) is 18.1. The average molecular weight is 548 g/mol. The quantitative estimate of drug-likeness (QED) is 0.455. The Bertz CT molecular complexity index is 530. The number of rotatable bonds is 2. The number of alkyl halides is 2. The van der Waals surface area contributed by atoms with Crippen molar-refractivity contribution in [1.82, 2.24) is 0 Å². The van der Waals surface area contributed by atoms with E-state index in [-0.39, 0.29) is 5.41 Å². The Labute approximate surface area is 158 Å². The van der Waals surface area contributed by atoms with Crippen LogP contribution in [-0.2, 0) is 0 Å². The second-order valence-electron chi connectivity index (χ2n) is 6.01. The van der Waals surface area contributed by atoms with Crippen molar-refractivity contribution in [2.24, 2.45) is 5.41 Å². The summed E-state index contributed by atoms with van der Waals surface area (Å²) in [6, 6.07) is 0. The molecule has 2 rings (SSSR count). The number of halogens is 4. The van der Waals surface area contributed by atoms with E-state index >= 15 is 0 Å².